The number of hydrogen-bond donors (Lipinski definition) is 1. The van der Waals surface area contributed by atoms with E-state index in [0.717, 1.165) is 18.2 Å². The molecule has 1 fully saturated rings. The maximum absolute atomic E-state index is 5.87. The van der Waals surface area contributed by atoms with Gasteiger partial charge in [-0.15, -0.1) is 0 Å². The number of nitrogens with two attached hydrogens (primary N) is 1. The van der Waals surface area contributed by atoms with E-state index in [0.29, 0.717) is 11.8 Å². The van der Waals surface area contributed by atoms with Gasteiger partial charge < -0.3 is 10.3 Å². The Bertz CT molecular complexity index is 337. The van der Waals surface area contributed by atoms with Crippen LogP contribution >= 0.6 is 0 Å². The minimum Gasteiger partial charge on any atom is -0.338 e. The fourth-order valence-corrected chi connectivity index (χ4v) is 2.41. The van der Waals surface area contributed by atoms with Crippen molar-refractivity contribution in [1.82, 2.24) is 10.1 Å². The maximum atomic E-state index is 5.87. The molecule has 2 rings (SSSR count). The zero-order chi connectivity index (χ0) is 11.5. The zero-order valence-electron chi connectivity index (χ0n) is 10.1. The van der Waals surface area contributed by atoms with Crippen LogP contribution in [0.3, 0.4) is 0 Å². The topological polar surface area (TPSA) is 64.9 Å². The monoisotopic (exact) mass is 223 g/mol. The van der Waals surface area contributed by atoms with E-state index < -0.39 is 0 Å². The Kier molecular flexibility index (Phi) is 3.59. The molecule has 2 N–H and O–H groups in total. The largest absolute Gasteiger partial charge is 0.338 e. The number of nitrogens with zero attached hydrogens (tertiary/aromatic N) is 2. The van der Waals surface area contributed by atoms with Crippen LogP contribution in [0.15, 0.2) is 4.52 Å². The van der Waals surface area contributed by atoms with Gasteiger partial charge in [-0.25, -0.2) is 0 Å². The SMILES string of the molecule is CC[C@H](N)c1nc(C2CCCC(C)C2)no1. The quantitative estimate of drug-likeness (QED) is 0.855. The summed E-state index contributed by atoms with van der Waals surface area (Å²) in [5.41, 5.74) is 5.87. The molecule has 1 heterocycles. The van der Waals surface area contributed by atoms with Crippen molar-refractivity contribution in [2.24, 2.45) is 11.7 Å². The van der Waals surface area contributed by atoms with Gasteiger partial charge in [0.25, 0.3) is 0 Å². The first-order valence-corrected chi connectivity index (χ1v) is 6.29. The van der Waals surface area contributed by atoms with E-state index in [4.69, 9.17) is 10.3 Å². The third-order valence-corrected chi connectivity index (χ3v) is 3.52. The van der Waals surface area contributed by atoms with Gasteiger partial charge in [0.15, 0.2) is 5.82 Å². The van der Waals surface area contributed by atoms with Crippen LogP contribution in [-0.2, 0) is 0 Å². The Balaban J connectivity index is 2.06. The highest BCUT2D eigenvalue weighted by atomic mass is 16.5. The Labute approximate surface area is 96.6 Å². The molecular weight excluding hydrogens is 202 g/mol. The Morgan fingerprint density at radius 2 is 2.31 bits per heavy atom. The molecule has 3 atom stereocenters. The molecule has 0 aromatic carbocycles. The second-order valence-corrected chi connectivity index (χ2v) is 4.97. The summed E-state index contributed by atoms with van der Waals surface area (Å²) < 4.78 is 5.22. The summed E-state index contributed by atoms with van der Waals surface area (Å²) in [6.45, 7) is 4.32. The Morgan fingerprint density at radius 1 is 1.50 bits per heavy atom. The lowest BCUT2D eigenvalue weighted by Gasteiger charge is -2.23. The highest BCUT2D eigenvalue weighted by molar-refractivity contribution is 4.99. The molecule has 1 aliphatic rings. The second-order valence-electron chi connectivity index (χ2n) is 4.97. The van der Waals surface area contributed by atoms with Crippen molar-refractivity contribution in [2.75, 3.05) is 0 Å². The Morgan fingerprint density at radius 3 is 3.00 bits per heavy atom. The summed E-state index contributed by atoms with van der Waals surface area (Å²) in [7, 11) is 0. The molecule has 1 aromatic heterocycles. The van der Waals surface area contributed by atoms with Crippen LogP contribution in [0, 0.1) is 5.92 Å². The average Bonchev–Trinajstić information content (AvgIpc) is 2.77. The fraction of sp³-hybridized carbons (Fsp3) is 0.833. The summed E-state index contributed by atoms with van der Waals surface area (Å²) in [6.07, 6.45) is 5.80. The highest BCUT2D eigenvalue weighted by Gasteiger charge is 2.25. The minimum absolute atomic E-state index is 0.109. The lowest BCUT2D eigenvalue weighted by Crippen LogP contribution is -2.13. The van der Waals surface area contributed by atoms with Crippen LogP contribution in [0.4, 0.5) is 0 Å². The molecule has 0 bridgehead atoms. The first-order chi connectivity index (χ1) is 7.70. The summed E-state index contributed by atoms with van der Waals surface area (Å²) in [5.74, 6) is 2.71. The molecule has 1 aromatic rings. The van der Waals surface area contributed by atoms with Gasteiger partial charge in [-0.3, -0.25) is 0 Å². The molecule has 4 heteroatoms. The molecule has 0 amide bonds. The Hall–Kier alpha value is -0.900. The van der Waals surface area contributed by atoms with Gasteiger partial charge >= 0.3 is 0 Å². The predicted molar refractivity (Wildman–Crippen MR) is 61.9 cm³/mol. The molecule has 0 radical (unpaired) electrons. The van der Waals surface area contributed by atoms with Gasteiger partial charge in [-0.05, 0) is 25.2 Å². The smallest absolute Gasteiger partial charge is 0.243 e. The van der Waals surface area contributed by atoms with Crippen molar-refractivity contribution in [3.8, 4) is 0 Å². The first-order valence-electron chi connectivity index (χ1n) is 6.29. The summed E-state index contributed by atoms with van der Waals surface area (Å²) in [5, 5.41) is 4.08. The maximum Gasteiger partial charge on any atom is 0.243 e. The number of aromatic nitrogens is 2. The van der Waals surface area contributed by atoms with Crippen molar-refractivity contribution in [3.63, 3.8) is 0 Å². The molecule has 1 saturated carbocycles. The van der Waals surface area contributed by atoms with E-state index >= 15 is 0 Å². The van der Waals surface area contributed by atoms with Crippen LogP contribution in [0.5, 0.6) is 0 Å². The van der Waals surface area contributed by atoms with E-state index in [9.17, 15) is 0 Å². The van der Waals surface area contributed by atoms with Crippen molar-refractivity contribution >= 4 is 0 Å². The summed E-state index contributed by atoms with van der Waals surface area (Å²) in [6, 6.07) is -0.109. The molecule has 0 aliphatic heterocycles. The van der Waals surface area contributed by atoms with Gasteiger partial charge in [0.05, 0.1) is 6.04 Å². The second kappa shape index (κ2) is 4.95. The molecule has 2 unspecified atom stereocenters. The third-order valence-electron chi connectivity index (χ3n) is 3.52. The molecular formula is C12H21N3O. The molecule has 90 valence electrons. The van der Waals surface area contributed by atoms with Crippen molar-refractivity contribution in [3.05, 3.63) is 11.7 Å². The summed E-state index contributed by atoms with van der Waals surface area (Å²) in [4.78, 5) is 4.44. The van der Waals surface area contributed by atoms with Crippen molar-refractivity contribution in [1.29, 1.82) is 0 Å². The molecule has 1 aliphatic carbocycles. The van der Waals surface area contributed by atoms with E-state index in [1.807, 2.05) is 6.92 Å². The normalized spacial score (nSPS) is 27.9. The molecule has 4 nitrogen and oxygen atoms in total. The van der Waals surface area contributed by atoms with E-state index in [2.05, 4.69) is 17.1 Å². The van der Waals surface area contributed by atoms with E-state index in [-0.39, 0.29) is 6.04 Å². The van der Waals surface area contributed by atoms with Crippen LogP contribution < -0.4 is 5.73 Å². The molecule has 0 saturated heterocycles. The van der Waals surface area contributed by atoms with Crippen LogP contribution in [0.1, 0.15) is 69.6 Å². The zero-order valence-corrected chi connectivity index (χ0v) is 10.1. The van der Waals surface area contributed by atoms with Crippen molar-refractivity contribution in [2.45, 2.75) is 57.9 Å². The van der Waals surface area contributed by atoms with Crippen LogP contribution in [0.25, 0.3) is 0 Å². The first kappa shape index (κ1) is 11.6. The van der Waals surface area contributed by atoms with Gasteiger partial charge in [0.2, 0.25) is 5.89 Å². The average molecular weight is 223 g/mol. The van der Waals surface area contributed by atoms with Crippen LogP contribution in [0.2, 0.25) is 0 Å². The predicted octanol–water partition coefficient (Wildman–Crippen LogP) is 2.77. The number of hydrogen-bond acceptors (Lipinski definition) is 4. The lowest BCUT2D eigenvalue weighted by atomic mass is 9.82. The summed E-state index contributed by atoms with van der Waals surface area (Å²) >= 11 is 0. The van der Waals surface area contributed by atoms with Gasteiger partial charge in [-0.1, -0.05) is 31.8 Å². The molecule has 16 heavy (non-hydrogen) atoms. The van der Waals surface area contributed by atoms with Gasteiger partial charge in [0.1, 0.15) is 0 Å². The van der Waals surface area contributed by atoms with Gasteiger partial charge in [0, 0.05) is 5.92 Å². The van der Waals surface area contributed by atoms with Gasteiger partial charge in [-0.2, -0.15) is 4.98 Å². The number of rotatable bonds is 3. The van der Waals surface area contributed by atoms with E-state index in [1.54, 1.807) is 0 Å². The third kappa shape index (κ3) is 2.43. The van der Waals surface area contributed by atoms with Crippen molar-refractivity contribution < 1.29 is 4.52 Å². The fourth-order valence-electron chi connectivity index (χ4n) is 2.41. The minimum atomic E-state index is -0.109. The lowest BCUT2D eigenvalue weighted by molar-refractivity contribution is 0.315. The van der Waals surface area contributed by atoms with E-state index in [1.165, 1.54) is 25.7 Å². The standard InChI is InChI=1S/C12H21N3O/c1-3-10(13)12-14-11(15-16-12)9-6-4-5-8(2)7-9/h8-10H,3-7,13H2,1-2H3/t8?,9?,10-/m0/s1. The molecule has 0 spiro atoms. The van der Waals surface area contributed by atoms with Crippen LogP contribution in [-0.4, -0.2) is 10.1 Å². The highest BCUT2D eigenvalue weighted by Crippen LogP contribution is 2.34.